The fraction of sp³-hybridized carbons (Fsp3) is 0.471. The zero-order valence-corrected chi connectivity index (χ0v) is 13.1. The van der Waals surface area contributed by atoms with E-state index >= 15 is 0 Å². The SMILES string of the molecule is Cc1ccc(C2CCNc3cc(CC(C)C)nn32)cc1N. The number of benzene rings is 1. The lowest BCUT2D eigenvalue weighted by Gasteiger charge is -2.26. The lowest BCUT2D eigenvalue weighted by molar-refractivity contribution is 0.474. The zero-order chi connectivity index (χ0) is 15.0. The first-order valence-electron chi connectivity index (χ1n) is 7.73. The van der Waals surface area contributed by atoms with Gasteiger partial charge in [-0.2, -0.15) is 5.10 Å². The number of nitrogen functional groups attached to an aromatic ring is 1. The second-order valence-corrected chi connectivity index (χ2v) is 6.41. The van der Waals surface area contributed by atoms with Gasteiger partial charge in [0.2, 0.25) is 0 Å². The van der Waals surface area contributed by atoms with Crippen LogP contribution in [0.25, 0.3) is 0 Å². The summed E-state index contributed by atoms with van der Waals surface area (Å²) < 4.78 is 2.13. The second-order valence-electron chi connectivity index (χ2n) is 6.41. The Morgan fingerprint density at radius 2 is 2.19 bits per heavy atom. The highest BCUT2D eigenvalue weighted by Crippen LogP contribution is 2.31. The molecule has 0 amide bonds. The van der Waals surface area contributed by atoms with E-state index in [4.69, 9.17) is 10.8 Å². The maximum Gasteiger partial charge on any atom is 0.125 e. The standard InChI is InChI=1S/C17H24N4/c1-11(2)8-14-10-17-19-7-6-16(21(17)20-14)13-5-4-12(3)15(18)9-13/h4-5,9-11,16,19H,6-8,18H2,1-3H3. The molecule has 0 aliphatic carbocycles. The zero-order valence-electron chi connectivity index (χ0n) is 13.1. The van der Waals surface area contributed by atoms with E-state index in [2.05, 4.69) is 48.1 Å². The Morgan fingerprint density at radius 1 is 1.38 bits per heavy atom. The van der Waals surface area contributed by atoms with Crippen molar-refractivity contribution in [2.75, 3.05) is 17.6 Å². The van der Waals surface area contributed by atoms with Gasteiger partial charge in [-0.05, 0) is 42.9 Å². The highest BCUT2D eigenvalue weighted by Gasteiger charge is 2.23. The Balaban J connectivity index is 1.95. The molecule has 112 valence electrons. The van der Waals surface area contributed by atoms with Crippen molar-refractivity contribution in [2.24, 2.45) is 5.92 Å². The predicted octanol–water partition coefficient (Wildman–Crippen LogP) is 3.38. The van der Waals surface area contributed by atoms with Crippen molar-refractivity contribution in [3.8, 4) is 0 Å². The van der Waals surface area contributed by atoms with Gasteiger partial charge >= 0.3 is 0 Å². The topological polar surface area (TPSA) is 55.9 Å². The van der Waals surface area contributed by atoms with Crippen molar-refractivity contribution in [2.45, 2.75) is 39.7 Å². The monoisotopic (exact) mass is 284 g/mol. The number of fused-ring (bicyclic) bond motifs is 1. The molecule has 0 bridgehead atoms. The van der Waals surface area contributed by atoms with Gasteiger partial charge in [-0.3, -0.25) is 0 Å². The van der Waals surface area contributed by atoms with Crippen LogP contribution in [0.4, 0.5) is 11.5 Å². The van der Waals surface area contributed by atoms with Crippen LogP contribution in [0, 0.1) is 12.8 Å². The van der Waals surface area contributed by atoms with E-state index in [0.717, 1.165) is 36.5 Å². The summed E-state index contributed by atoms with van der Waals surface area (Å²) in [6.07, 6.45) is 2.06. The molecular weight excluding hydrogens is 260 g/mol. The third-order valence-electron chi connectivity index (χ3n) is 4.11. The minimum atomic E-state index is 0.282. The third kappa shape index (κ3) is 2.75. The van der Waals surface area contributed by atoms with E-state index < -0.39 is 0 Å². The summed E-state index contributed by atoms with van der Waals surface area (Å²) in [6, 6.07) is 8.84. The Kier molecular flexibility index (Phi) is 3.62. The number of aryl methyl sites for hydroxylation is 1. The van der Waals surface area contributed by atoms with Gasteiger partial charge in [-0.25, -0.2) is 4.68 Å². The number of aromatic nitrogens is 2. The van der Waals surface area contributed by atoms with Crippen molar-refractivity contribution >= 4 is 11.5 Å². The molecule has 3 rings (SSSR count). The molecule has 0 saturated heterocycles. The smallest absolute Gasteiger partial charge is 0.125 e. The highest BCUT2D eigenvalue weighted by atomic mass is 15.4. The quantitative estimate of drug-likeness (QED) is 0.850. The van der Waals surface area contributed by atoms with Crippen LogP contribution in [0.1, 0.15) is 43.1 Å². The molecule has 0 spiro atoms. The van der Waals surface area contributed by atoms with Gasteiger partial charge in [0.1, 0.15) is 5.82 Å². The van der Waals surface area contributed by atoms with E-state index in [9.17, 15) is 0 Å². The summed E-state index contributed by atoms with van der Waals surface area (Å²) in [5, 5.41) is 8.27. The minimum absolute atomic E-state index is 0.282. The number of hydrogen-bond acceptors (Lipinski definition) is 3. The molecule has 1 aliphatic rings. The summed E-state index contributed by atoms with van der Waals surface area (Å²) in [4.78, 5) is 0. The molecule has 1 atom stereocenters. The summed E-state index contributed by atoms with van der Waals surface area (Å²) in [6.45, 7) is 7.47. The largest absolute Gasteiger partial charge is 0.399 e. The van der Waals surface area contributed by atoms with Crippen LogP contribution in [0.2, 0.25) is 0 Å². The van der Waals surface area contributed by atoms with Crippen LogP contribution in [-0.4, -0.2) is 16.3 Å². The van der Waals surface area contributed by atoms with E-state index in [0.29, 0.717) is 5.92 Å². The molecule has 0 radical (unpaired) electrons. The Labute approximate surface area is 126 Å². The van der Waals surface area contributed by atoms with E-state index in [1.807, 2.05) is 6.92 Å². The predicted molar refractivity (Wildman–Crippen MR) is 87.6 cm³/mol. The molecule has 0 fully saturated rings. The lowest BCUT2D eigenvalue weighted by Crippen LogP contribution is -2.24. The van der Waals surface area contributed by atoms with Gasteiger partial charge in [-0.1, -0.05) is 26.0 Å². The summed E-state index contributed by atoms with van der Waals surface area (Å²) in [5.41, 5.74) is 10.5. The van der Waals surface area contributed by atoms with Crippen LogP contribution in [-0.2, 0) is 6.42 Å². The average molecular weight is 284 g/mol. The van der Waals surface area contributed by atoms with Crippen LogP contribution in [0.15, 0.2) is 24.3 Å². The van der Waals surface area contributed by atoms with Crippen molar-refractivity contribution < 1.29 is 0 Å². The molecule has 0 saturated carbocycles. The normalized spacial score (nSPS) is 17.6. The maximum atomic E-state index is 6.07. The van der Waals surface area contributed by atoms with Gasteiger partial charge in [0.15, 0.2) is 0 Å². The third-order valence-corrected chi connectivity index (χ3v) is 4.11. The number of nitrogens with two attached hydrogens (primary N) is 1. The number of nitrogens with one attached hydrogen (secondary N) is 1. The molecule has 1 aromatic heterocycles. The molecule has 2 aromatic rings. The molecule has 3 N–H and O–H groups in total. The number of nitrogens with zero attached hydrogens (tertiary/aromatic N) is 2. The Hall–Kier alpha value is -1.97. The average Bonchev–Trinajstić information content (AvgIpc) is 2.83. The van der Waals surface area contributed by atoms with Gasteiger partial charge in [0, 0.05) is 18.3 Å². The van der Waals surface area contributed by atoms with E-state index in [1.54, 1.807) is 0 Å². The van der Waals surface area contributed by atoms with Crippen LogP contribution in [0.3, 0.4) is 0 Å². The summed E-state index contributed by atoms with van der Waals surface area (Å²) >= 11 is 0. The first-order valence-corrected chi connectivity index (χ1v) is 7.73. The molecule has 1 aromatic carbocycles. The van der Waals surface area contributed by atoms with Gasteiger partial charge in [-0.15, -0.1) is 0 Å². The fourth-order valence-corrected chi connectivity index (χ4v) is 2.97. The van der Waals surface area contributed by atoms with Crippen LogP contribution in [0.5, 0.6) is 0 Å². The van der Waals surface area contributed by atoms with E-state index in [-0.39, 0.29) is 6.04 Å². The fourth-order valence-electron chi connectivity index (χ4n) is 2.97. The maximum absolute atomic E-state index is 6.07. The number of anilines is 2. The molecule has 4 nitrogen and oxygen atoms in total. The Morgan fingerprint density at radius 3 is 2.90 bits per heavy atom. The lowest BCUT2D eigenvalue weighted by atomic mass is 10.00. The molecule has 4 heteroatoms. The van der Waals surface area contributed by atoms with Gasteiger partial charge in [0.25, 0.3) is 0 Å². The first kappa shape index (κ1) is 14.0. The molecule has 1 unspecified atom stereocenters. The highest BCUT2D eigenvalue weighted by molar-refractivity contribution is 5.50. The number of hydrogen-bond donors (Lipinski definition) is 2. The van der Waals surface area contributed by atoms with Crippen LogP contribution >= 0.6 is 0 Å². The Bertz CT molecular complexity index is 642. The second kappa shape index (κ2) is 5.43. The molecule has 21 heavy (non-hydrogen) atoms. The summed E-state index contributed by atoms with van der Waals surface area (Å²) in [7, 11) is 0. The van der Waals surface area contributed by atoms with Gasteiger partial charge in [0.05, 0.1) is 11.7 Å². The first-order chi connectivity index (χ1) is 10.0. The van der Waals surface area contributed by atoms with Gasteiger partial charge < -0.3 is 11.1 Å². The van der Waals surface area contributed by atoms with Crippen molar-refractivity contribution in [3.63, 3.8) is 0 Å². The molecule has 1 aliphatic heterocycles. The van der Waals surface area contributed by atoms with Crippen molar-refractivity contribution in [3.05, 3.63) is 41.1 Å². The molecular formula is C17H24N4. The van der Waals surface area contributed by atoms with Crippen molar-refractivity contribution in [1.29, 1.82) is 0 Å². The van der Waals surface area contributed by atoms with Crippen molar-refractivity contribution in [1.82, 2.24) is 9.78 Å². The number of rotatable bonds is 3. The summed E-state index contributed by atoms with van der Waals surface area (Å²) in [5.74, 6) is 1.75. The molecule has 2 heterocycles. The van der Waals surface area contributed by atoms with Crippen LogP contribution < -0.4 is 11.1 Å². The van der Waals surface area contributed by atoms with E-state index in [1.165, 1.54) is 11.3 Å². The minimum Gasteiger partial charge on any atom is -0.399 e.